The average molecular weight is 1300 g/mol. The maximum Gasteiger partial charge on any atom is 0.143 e. The summed E-state index contributed by atoms with van der Waals surface area (Å²) in [6.45, 7) is 0. The molecule has 22 aromatic rings. The first-order valence-electron chi connectivity index (χ1n) is 34.9. The second-order valence-electron chi connectivity index (χ2n) is 27.1. The lowest BCUT2D eigenvalue weighted by Crippen LogP contribution is -1.95. The normalized spacial score (nSPS) is 12.1. The fraction of sp³-hybridized carbons (Fsp3) is 0. The monoisotopic (exact) mass is 1300 g/mol. The molecule has 16 aromatic carbocycles. The van der Waals surface area contributed by atoms with Crippen LogP contribution < -0.4 is 0 Å². The van der Waals surface area contributed by atoms with Gasteiger partial charge in [0.15, 0.2) is 0 Å². The molecule has 0 N–H and O–H groups in total. The van der Waals surface area contributed by atoms with Gasteiger partial charge in [0.05, 0.1) is 44.1 Å². The maximum absolute atomic E-state index is 7.33. The first-order valence-corrected chi connectivity index (χ1v) is 34.9. The molecule has 0 spiro atoms. The van der Waals surface area contributed by atoms with Crippen LogP contribution in [0.25, 0.3) is 209 Å². The smallest absolute Gasteiger partial charge is 0.143 e. The molecule has 0 saturated carbocycles. The summed E-state index contributed by atoms with van der Waals surface area (Å²) in [7, 11) is 0. The third-order valence-corrected chi connectivity index (χ3v) is 21.6. The van der Waals surface area contributed by atoms with Crippen molar-refractivity contribution in [1.29, 1.82) is 0 Å². The van der Waals surface area contributed by atoms with E-state index in [0.29, 0.717) is 0 Å². The van der Waals surface area contributed by atoms with Gasteiger partial charge >= 0.3 is 0 Å². The number of benzene rings is 16. The van der Waals surface area contributed by atoms with E-state index in [9.17, 15) is 0 Å². The molecule has 6 heteroatoms. The van der Waals surface area contributed by atoms with Crippen molar-refractivity contribution in [2.75, 3.05) is 0 Å². The van der Waals surface area contributed by atoms with Crippen molar-refractivity contribution in [1.82, 2.24) is 18.3 Å². The molecule has 102 heavy (non-hydrogen) atoms. The highest BCUT2D eigenvalue weighted by molar-refractivity contribution is 6.23. The summed E-state index contributed by atoms with van der Waals surface area (Å²) in [6, 6.07) is 129. The van der Waals surface area contributed by atoms with Gasteiger partial charge in [-0.3, -0.25) is 0 Å². The van der Waals surface area contributed by atoms with E-state index >= 15 is 0 Å². The van der Waals surface area contributed by atoms with E-state index < -0.39 is 0 Å². The van der Waals surface area contributed by atoms with Crippen LogP contribution >= 0.6 is 0 Å². The Morgan fingerprint density at radius 2 is 0.520 bits per heavy atom. The van der Waals surface area contributed by atoms with Crippen molar-refractivity contribution in [2.24, 2.45) is 0 Å². The van der Waals surface area contributed by atoms with E-state index in [1.807, 2.05) is 12.1 Å². The Morgan fingerprint density at radius 1 is 0.167 bits per heavy atom. The highest BCUT2D eigenvalue weighted by Crippen LogP contribution is 2.49. The highest BCUT2D eigenvalue weighted by Gasteiger charge is 2.25. The first-order chi connectivity index (χ1) is 50.6. The summed E-state index contributed by atoms with van der Waals surface area (Å²) < 4.78 is 23.4. The average Bonchev–Trinajstić information content (AvgIpc) is 1.56. The van der Waals surface area contributed by atoms with Gasteiger partial charge in [-0.15, -0.1) is 0 Å². The van der Waals surface area contributed by atoms with Crippen LogP contribution in [0.2, 0.25) is 0 Å². The summed E-state index contributed by atoms with van der Waals surface area (Å²) in [5.74, 6) is 0. The summed E-state index contributed by atoms with van der Waals surface area (Å²) in [5, 5.41) is 14.0. The zero-order valence-corrected chi connectivity index (χ0v) is 55.1. The van der Waals surface area contributed by atoms with Gasteiger partial charge in [0.25, 0.3) is 0 Å². The molecule has 6 nitrogen and oxygen atoms in total. The van der Waals surface area contributed by atoms with Crippen molar-refractivity contribution in [3.05, 3.63) is 352 Å². The van der Waals surface area contributed by atoms with Gasteiger partial charge in [0.2, 0.25) is 0 Å². The molecular weight excluding hydrogens is 1240 g/mol. The standard InChI is InChI=1S/C96H58N4O2/c1-3-19-66(20-4-1)97-83-29-13-7-23-71(83)74-47-39-61(54-87(74)97)62-40-48-75-73-25-9-15-31-85(73)99(88(75)55-62)68-45-37-60(38-46-68)70-51-52-79(96-95(70)81-28-12-18-34-92(81)102-96)82-53-65(63-41-49-76-72-24-8-14-30-84(72)98(89(76)56-63)67-21-5-2-6-22-67)57-90-94(82)80-27-10-16-32-86(80)100(90)69-43-35-59(36-44-69)64-42-50-78-77-26-11-17-33-91(77)101-93(78)58-64/h1-58H. The Bertz CT molecular complexity index is 7220. The Kier molecular flexibility index (Phi) is 12.1. The van der Waals surface area contributed by atoms with E-state index in [2.05, 4.69) is 358 Å². The second kappa shape index (κ2) is 21.9. The van der Waals surface area contributed by atoms with Gasteiger partial charge in [0.1, 0.15) is 22.3 Å². The van der Waals surface area contributed by atoms with Gasteiger partial charge in [-0.2, -0.15) is 0 Å². The first kappa shape index (κ1) is 56.3. The van der Waals surface area contributed by atoms with Crippen molar-refractivity contribution >= 4 is 131 Å². The number of hydrogen-bond acceptors (Lipinski definition) is 2. The molecule has 6 heterocycles. The molecule has 0 aliphatic carbocycles. The zero-order chi connectivity index (χ0) is 66.7. The summed E-state index contributed by atoms with van der Waals surface area (Å²) >= 11 is 0. The molecule has 22 rings (SSSR count). The number of aromatic nitrogens is 4. The molecule has 0 radical (unpaired) electrons. The van der Waals surface area contributed by atoms with Gasteiger partial charge < -0.3 is 27.1 Å². The molecule has 0 amide bonds. The fourth-order valence-electron chi connectivity index (χ4n) is 17.0. The third kappa shape index (κ3) is 8.41. The maximum atomic E-state index is 7.33. The zero-order valence-electron chi connectivity index (χ0n) is 55.1. The van der Waals surface area contributed by atoms with Crippen LogP contribution in [0.1, 0.15) is 0 Å². The van der Waals surface area contributed by atoms with E-state index in [4.69, 9.17) is 8.83 Å². The van der Waals surface area contributed by atoms with Crippen LogP contribution in [0.4, 0.5) is 0 Å². The van der Waals surface area contributed by atoms with E-state index in [1.54, 1.807) is 0 Å². The van der Waals surface area contributed by atoms with Crippen molar-refractivity contribution < 1.29 is 8.83 Å². The van der Waals surface area contributed by atoms with Crippen LogP contribution in [-0.4, -0.2) is 18.3 Å². The lowest BCUT2D eigenvalue weighted by molar-refractivity contribution is 0.669. The molecule has 0 aliphatic heterocycles. The molecule has 0 fully saturated rings. The minimum atomic E-state index is 0.841. The van der Waals surface area contributed by atoms with E-state index in [0.717, 1.165) is 155 Å². The summed E-state index contributed by atoms with van der Waals surface area (Å²) in [4.78, 5) is 0. The number of hydrogen-bond donors (Lipinski definition) is 0. The topological polar surface area (TPSA) is 46.0 Å². The number of fused-ring (bicyclic) bond motifs is 18. The van der Waals surface area contributed by atoms with Crippen LogP contribution in [-0.2, 0) is 0 Å². The number of rotatable bonds is 9. The second-order valence-corrected chi connectivity index (χ2v) is 27.1. The Balaban J connectivity index is 0.714. The van der Waals surface area contributed by atoms with Crippen LogP contribution in [0.5, 0.6) is 0 Å². The Hall–Kier alpha value is -13.7. The summed E-state index contributed by atoms with van der Waals surface area (Å²) in [5.41, 5.74) is 28.2. The molecule has 0 aliphatic rings. The molecule has 474 valence electrons. The van der Waals surface area contributed by atoms with Crippen molar-refractivity contribution in [3.8, 4) is 78.4 Å². The number of para-hydroxylation sites is 8. The molecule has 6 aromatic heterocycles. The minimum Gasteiger partial charge on any atom is -0.456 e. The van der Waals surface area contributed by atoms with Crippen LogP contribution in [0, 0.1) is 0 Å². The molecule has 0 bridgehead atoms. The van der Waals surface area contributed by atoms with Gasteiger partial charge in [-0.1, -0.05) is 218 Å². The molecule has 0 atom stereocenters. The van der Waals surface area contributed by atoms with Gasteiger partial charge in [0, 0.05) is 92.9 Å². The van der Waals surface area contributed by atoms with Gasteiger partial charge in [-0.05, 0) is 184 Å². The van der Waals surface area contributed by atoms with Gasteiger partial charge in [-0.25, -0.2) is 0 Å². The molecular formula is C96H58N4O2. The Labute approximate surface area is 584 Å². The Morgan fingerprint density at radius 3 is 1.06 bits per heavy atom. The molecule has 0 saturated heterocycles. The number of furan rings is 2. The van der Waals surface area contributed by atoms with Crippen LogP contribution in [0.15, 0.2) is 361 Å². The predicted molar refractivity (Wildman–Crippen MR) is 426 cm³/mol. The lowest BCUT2D eigenvalue weighted by atomic mass is 9.90. The highest BCUT2D eigenvalue weighted by atomic mass is 16.3. The largest absolute Gasteiger partial charge is 0.456 e. The quantitative estimate of drug-likeness (QED) is 0.145. The third-order valence-electron chi connectivity index (χ3n) is 21.6. The van der Waals surface area contributed by atoms with E-state index in [1.165, 1.54) is 54.4 Å². The SMILES string of the molecule is c1ccc(-n2c3ccccc3c3ccc(-c4ccc5c6ccccc6n(-c6ccc(-c7ccc(-c8cc(-c9ccc%10c%11ccccc%11n(-c%11ccccc%11)c%10c9)cc9c8c8ccccc8n9-c8ccc(-c9ccc%10c(c9)oc9ccccc9%10)cc8)c8oc9ccccc9c78)cc6)c5c4)cc32)cc1. The summed E-state index contributed by atoms with van der Waals surface area (Å²) in [6.07, 6.45) is 0. The van der Waals surface area contributed by atoms with Crippen molar-refractivity contribution in [2.45, 2.75) is 0 Å². The van der Waals surface area contributed by atoms with Crippen molar-refractivity contribution in [3.63, 3.8) is 0 Å². The fourth-order valence-corrected chi connectivity index (χ4v) is 17.0. The number of nitrogens with zero attached hydrogens (tertiary/aromatic N) is 4. The van der Waals surface area contributed by atoms with E-state index in [-0.39, 0.29) is 0 Å². The minimum absolute atomic E-state index is 0.841. The lowest BCUT2D eigenvalue weighted by Gasteiger charge is -2.15. The van der Waals surface area contributed by atoms with Crippen LogP contribution in [0.3, 0.4) is 0 Å². The molecule has 0 unspecified atom stereocenters. The predicted octanol–water partition coefficient (Wildman–Crippen LogP) is 26.2.